The van der Waals surface area contributed by atoms with Crippen LogP contribution in [0.4, 0.5) is 0 Å². The summed E-state index contributed by atoms with van der Waals surface area (Å²) in [6.07, 6.45) is 0.277. The molecule has 176 valence electrons. The molecule has 1 unspecified atom stereocenters. The van der Waals surface area contributed by atoms with Crippen molar-refractivity contribution in [3.63, 3.8) is 0 Å². The van der Waals surface area contributed by atoms with Crippen molar-refractivity contribution in [2.75, 3.05) is 13.2 Å². The van der Waals surface area contributed by atoms with E-state index in [2.05, 4.69) is 9.88 Å². The highest BCUT2D eigenvalue weighted by Crippen LogP contribution is 2.27. The van der Waals surface area contributed by atoms with E-state index in [0.717, 1.165) is 28.2 Å². The average Bonchev–Trinajstić information content (AvgIpc) is 3.21. The van der Waals surface area contributed by atoms with Crippen LogP contribution in [0.25, 0.3) is 11.0 Å². The fourth-order valence-electron chi connectivity index (χ4n) is 3.90. The molecular formula is C27H28ClN3O3. The first-order valence-corrected chi connectivity index (χ1v) is 11.8. The number of hydrogen-bond donors (Lipinski definition) is 1. The number of carbonyl (C=O) groups excluding carboxylic acids is 1. The number of benzene rings is 3. The second kappa shape index (κ2) is 11.1. The Balaban J connectivity index is 1.48. The maximum absolute atomic E-state index is 12.7. The highest BCUT2D eigenvalue weighted by atomic mass is 35.5. The van der Waals surface area contributed by atoms with E-state index in [0.29, 0.717) is 30.5 Å². The molecule has 0 radical (unpaired) electrons. The predicted octanol–water partition coefficient (Wildman–Crippen LogP) is 5.59. The molecule has 1 aromatic heterocycles. The number of carbonyl (C=O) groups is 1. The zero-order chi connectivity index (χ0) is 23.9. The zero-order valence-electron chi connectivity index (χ0n) is 19.3. The molecule has 0 saturated carbocycles. The predicted molar refractivity (Wildman–Crippen MR) is 135 cm³/mol. The lowest BCUT2D eigenvalue weighted by Gasteiger charge is -2.17. The van der Waals surface area contributed by atoms with Crippen LogP contribution in [0.2, 0.25) is 5.02 Å². The first kappa shape index (κ1) is 23.6. The van der Waals surface area contributed by atoms with E-state index in [9.17, 15) is 4.79 Å². The number of halogens is 1. The second-order valence-corrected chi connectivity index (χ2v) is 8.37. The van der Waals surface area contributed by atoms with Crippen molar-refractivity contribution in [1.29, 1.82) is 0 Å². The van der Waals surface area contributed by atoms with Gasteiger partial charge < -0.3 is 19.4 Å². The number of aromatic nitrogens is 2. The Hall–Kier alpha value is -3.51. The summed E-state index contributed by atoms with van der Waals surface area (Å²) < 4.78 is 13.8. The quantitative estimate of drug-likeness (QED) is 0.323. The van der Waals surface area contributed by atoms with Gasteiger partial charge in [-0.3, -0.25) is 4.79 Å². The third kappa shape index (κ3) is 5.69. The Bertz CT molecular complexity index is 1250. The lowest BCUT2D eigenvalue weighted by molar-refractivity contribution is -0.121. The van der Waals surface area contributed by atoms with Crippen molar-refractivity contribution < 1.29 is 14.3 Å². The summed E-state index contributed by atoms with van der Waals surface area (Å²) in [5.74, 6) is 2.14. The fourth-order valence-corrected chi connectivity index (χ4v) is 4.02. The van der Waals surface area contributed by atoms with Crippen LogP contribution in [0.1, 0.15) is 31.3 Å². The lowest BCUT2D eigenvalue weighted by Crippen LogP contribution is -2.30. The summed E-state index contributed by atoms with van der Waals surface area (Å²) >= 11 is 5.94. The van der Waals surface area contributed by atoms with Crippen molar-refractivity contribution in [3.05, 3.63) is 89.2 Å². The highest BCUT2D eigenvalue weighted by molar-refractivity contribution is 6.30. The summed E-state index contributed by atoms with van der Waals surface area (Å²) in [4.78, 5) is 17.5. The Morgan fingerprint density at radius 1 is 1.00 bits per heavy atom. The number of amides is 1. The van der Waals surface area contributed by atoms with Gasteiger partial charge in [-0.15, -0.1) is 0 Å². The van der Waals surface area contributed by atoms with Crippen LogP contribution < -0.4 is 14.8 Å². The molecule has 1 N–H and O–H groups in total. The molecule has 3 aromatic carbocycles. The molecule has 0 fully saturated rings. The summed E-state index contributed by atoms with van der Waals surface area (Å²) in [6.45, 7) is 5.48. The largest absolute Gasteiger partial charge is 0.490 e. The van der Waals surface area contributed by atoms with Crippen molar-refractivity contribution >= 4 is 28.5 Å². The second-order valence-electron chi connectivity index (χ2n) is 7.93. The molecule has 7 heteroatoms. The van der Waals surface area contributed by atoms with Gasteiger partial charge in [-0.05, 0) is 55.8 Å². The summed E-state index contributed by atoms with van der Waals surface area (Å²) in [6, 6.07) is 22.6. The average molecular weight is 478 g/mol. The molecule has 0 aliphatic heterocycles. The molecular weight excluding hydrogens is 450 g/mol. The molecule has 0 aliphatic carbocycles. The number of fused-ring (bicyclic) bond motifs is 1. The minimum atomic E-state index is -0.275. The Morgan fingerprint density at radius 2 is 1.68 bits per heavy atom. The van der Waals surface area contributed by atoms with Crippen molar-refractivity contribution in [2.45, 2.75) is 32.9 Å². The van der Waals surface area contributed by atoms with Crippen molar-refractivity contribution in [3.8, 4) is 11.5 Å². The Morgan fingerprint density at radius 3 is 2.41 bits per heavy atom. The van der Waals surface area contributed by atoms with Gasteiger partial charge in [0.1, 0.15) is 12.4 Å². The van der Waals surface area contributed by atoms with Gasteiger partial charge in [0.25, 0.3) is 0 Å². The molecule has 1 heterocycles. The van der Waals surface area contributed by atoms with Crippen molar-refractivity contribution in [1.82, 2.24) is 14.9 Å². The van der Waals surface area contributed by atoms with Gasteiger partial charge >= 0.3 is 0 Å². The Kier molecular flexibility index (Phi) is 7.70. The van der Waals surface area contributed by atoms with E-state index in [-0.39, 0.29) is 18.4 Å². The highest BCUT2D eigenvalue weighted by Gasteiger charge is 2.19. The molecule has 4 rings (SSSR count). The number of nitrogens with zero attached hydrogens (tertiary/aromatic N) is 2. The van der Waals surface area contributed by atoms with E-state index < -0.39 is 0 Å². The number of nitrogens with one attached hydrogen (secondary N) is 1. The smallest absolute Gasteiger partial charge is 0.224 e. The lowest BCUT2D eigenvalue weighted by atomic mass is 10.1. The van der Waals surface area contributed by atoms with Gasteiger partial charge in [0, 0.05) is 5.02 Å². The van der Waals surface area contributed by atoms with Crippen LogP contribution in [0.3, 0.4) is 0 Å². The maximum Gasteiger partial charge on any atom is 0.224 e. The van der Waals surface area contributed by atoms with Gasteiger partial charge in [-0.1, -0.05) is 48.0 Å². The number of rotatable bonds is 10. The number of imidazole rings is 1. The van der Waals surface area contributed by atoms with Crippen LogP contribution in [0, 0.1) is 0 Å². The third-order valence-electron chi connectivity index (χ3n) is 5.45. The van der Waals surface area contributed by atoms with Gasteiger partial charge in [0.05, 0.1) is 36.6 Å². The first-order chi connectivity index (χ1) is 16.5. The van der Waals surface area contributed by atoms with Gasteiger partial charge in [0.2, 0.25) is 5.91 Å². The van der Waals surface area contributed by atoms with E-state index >= 15 is 0 Å². The normalized spacial score (nSPS) is 11.9. The number of ether oxygens (including phenoxy) is 2. The molecule has 34 heavy (non-hydrogen) atoms. The molecule has 4 aromatic rings. The summed E-state index contributed by atoms with van der Waals surface area (Å²) in [5.41, 5.74) is 2.79. The van der Waals surface area contributed by atoms with Crippen LogP contribution in [-0.4, -0.2) is 28.7 Å². The number of para-hydroxylation sites is 4. The minimum absolute atomic E-state index is 0.0738. The van der Waals surface area contributed by atoms with Gasteiger partial charge in [-0.25, -0.2) is 4.98 Å². The van der Waals surface area contributed by atoms with Gasteiger partial charge in [0.15, 0.2) is 11.5 Å². The SMILES string of the molecule is CCOc1ccccc1OCCn1c(C(C)NC(=O)Cc2ccc(Cl)cc2)nc2ccccc21. The molecule has 0 aliphatic rings. The van der Waals surface area contributed by atoms with E-state index in [4.69, 9.17) is 26.1 Å². The molecule has 0 bridgehead atoms. The summed E-state index contributed by atoms with van der Waals surface area (Å²) in [7, 11) is 0. The Labute approximate surface area is 204 Å². The molecule has 0 spiro atoms. The van der Waals surface area contributed by atoms with E-state index in [1.807, 2.05) is 74.5 Å². The number of hydrogen-bond acceptors (Lipinski definition) is 4. The van der Waals surface area contributed by atoms with Crippen LogP contribution in [0.15, 0.2) is 72.8 Å². The molecule has 1 atom stereocenters. The van der Waals surface area contributed by atoms with Crippen LogP contribution in [-0.2, 0) is 17.8 Å². The van der Waals surface area contributed by atoms with E-state index in [1.54, 1.807) is 12.1 Å². The molecule has 6 nitrogen and oxygen atoms in total. The van der Waals surface area contributed by atoms with Gasteiger partial charge in [-0.2, -0.15) is 0 Å². The first-order valence-electron chi connectivity index (χ1n) is 11.4. The maximum atomic E-state index is 12.7. The molecule has 1 amide bonds. The topological polar surface area (TPSA) is 65.4 Å². The standard InChI is InChI=1S/C27H28ClN3O3/c1-3-33-24-10-6-7-11-25(24)34-17-16-31-23-9-5-4-8-22(23)30-27(31)19(2)29-26(32)18-20-12-14-21(28)15-13-20/h4-15,19H,3,16-18H2,1-2H3,(H,29,32). The van der Waals surface area contributed by atoms with Crippen LogP contribution >= 0.6 is 11.6 Å². The monoisotopic (exact) mass is 477 g/mol. The van der Waals surface area contributed by atoms with Crippen LogP contribution in [0.5, 0.6) is 11.5 Å². The molecule has 0 saturated heterocycles. The fraction of sp³-hybridized carbons (Fsp3) is 0.259. The summed E-state index contributed by atoms with van der Waals surface area (Å²) in [5, 5.41) is 3.73. The third-order valence-corrected chi connectivity index (χ3v) is 5.70. The van der Waals surface area contributed by atoms with Crippen molar-refractivity contribution in [2.24, 2.45) is 0 Å². The zero-order valence-corrected chi connectivity index (χ0v) is 20.1. The van der Waals surface area contributed by atoms with E-state index in [1.165, 1.54) is 0 Å². The minimum Gasteiger partial charge on any atom is -0.490 e.